The first-order valence-corrected chi connectivity index (χ1v) is 7.61. The number of hydrogen-bond acceptors (Lipinski definition) is 3. The molecule has 0 spiro atoms. The summed E-state index contributed by atoms with van der Waals surface area (Å²) in [5.41, 5.74) is 2.96. The van der Waals surface area contributed by atoms with Crippen molar-refractivity contribution in [2.24, 2.45) is 0 Å². The lowest BCUT2D eigenvalue weighted by molar-refractivity contribution is -0.142. The van der Waals surface area contributed by atoms with Crippen LogP contribution in [0.3, 0.4) is 0 Å². The minimum absolute atomic E-state index is 0.137. The zero-order valence-electron chi connectivity index (χ0n) is 12.6. The Labute approximate surface area is 121 Å². The largest absolute Gasteiger partial charge is 0.468 e. The maximum Gasteiger partial charge on any atom is 0.319 e. The number of esters is 1. The number of ether oxygens (including phenoxy) is 1. The number of hydrogen-bond donors (Lipinski definition) is 0. The van der Waals surface area contributed by atoms with E-state index in [1.54, 1.807) is 0 Å². The summed E-state index contributed by atoms with van der Waals surface area (Å²) in [4.78, 5) is 13.8. The molecule has 1 aromatic carbocycles. The summed E-state index contributed by atoms with van der Waals surface area (Å²) in [6, 6.07) is 8.74. The summed E-state index contributed by atoms with van der Waals surface area (Å²) in [6.45, 7) is 4.47. The Morgan fingerprint density at radius 2 is 2.20 bits per heavy atom. The van der Waals surface area contributed by atoms with E-state index in [2.05, 4.69) is 36.1 Å². The molecule has 0 fully saturated rings. The molecule has 1 aliphatic rings. The second-order valence-corrected chi connectivity index (χ2v) is 5.60. The normalized spacial score (nSPS) is 17.9. The Kier molecular flexibility index (Phi) is 5.60. The van der Waals surface area contributed by atoms with Crippen LogP contribution in [0.4, 0.5) is 0 Å². The number of rotatable bonds is 6. The van der Waals surface area contributed by atoms with Gasteiger partial charge in [0.15, 0.2) is 0 Å². The van der Waals surface area contributed by atoms with Crippen molar-refractivity contribution in [2.75, 3.05) is 26.7 Å². The zero-order valence-corrected chi connectivity index (χ0v) is 12.6. The fourth-order valence-corrected chi connectivity index (χ4v) is 3.15. The van der Waals surface area contributed by atoms with Crippen molar-refractivity contribution >= 4 is 5.97 Å². The van der Waals surface area contributed by atoms with E-state index in [4.69, 9.17) is 4.74 Å². The van der Waals surface area contributed by atoms with Gasteiger partial charge >= 0.3 is 5.97 Å². The fourth-order valence-electron chi connectivity index (χ4n) is 3.15. The van der Waals surface area contributed by atoms with Gasteiger partial charge in [0.2, 0.25) is 0 Å². The van der Waals surface area contributed by atoms with Crippen molar-refractivity contribution in [3.8, 4) is 0 Å². The highest BCUT2D eigenvalue weighted by molar-refractivity contribution is 5.71. The Bertz CT molecular complexity index is 444. The number of methoxy groups -OCH3 is 1. The molecule has 0 saturated carbocycles. The lowest BCUT2D eigenvalue weighted by atomic mass is 9.82. The SMILES string of the molecule is CCCN(CC(=O)OC)CC1CCCc2ccccc21. The third-order valence-electron chi connectivity index (χ3n) is 4.09. The van der Waals surface area contributed by atoms with Gasteiger partial charge in [-0.25, -0.2) is 0 Å². The monoisotopic (exact) mass is 275 g/mol. The average Bonchev–Trinajstić information content (AvgIpc) is 2.47. The van der Waals surface area contributed by atoms with Crippen LogP contribution in [-0.4, -0.2) is 37.6 Å². The highest BCUT2D eigenvalue weighted by atomic mass is 16.5. The minimum atomic E-state index is -0.137. The smallest absolute Gasteiger partial charge is 0.319 e. The summed E-state index contributed by atoms with van der Waals surface area (Å²) < 4.78 is 4.81. The number of carbonyl (C=O) groups is 1. The first-order valence-electron chi connectivity index (χ1n) is 7.61. The predicted molar refractivity (Wildman–Crippen MR) is 80.9 cm³/mol. The molecule has 3 heteroatoms. The highest BCUT2D eigenvalue weighted by Crippen LogP contribution is 2.32. The average molecular weight is 275 g/mol. The van der Waals surface area contributed by atoms with Gasteiger partial charge in [-0.05, 0) is 49.3 Å². The number of fused-ring (bicyclic) bond motifs is 1. The number of nitrogens with zero attached hydrogens (tertiary/aromatic N) is 1. The van der Waals surface area contributed by atoms with E-state index in [0.717, 1.165) is 19.5 Å². The summed E-state index contributed by atoms with van der Waals surface area (Å²) in [7, 11) is 1.46. The van der Waals surface area contributed by atoms with Crippen molar-refractivity contribution < 1.29 is 9.53 Å². The molecule has 0 radical (unpaired) electrons. The van der Waals surface area contributed by atoms with Gasteiger partial charge in [-0.15, -0.1) is 0 Å². The molecular formula is C17H25NO2. The van der Waals surface area contributed by atoms with Crippen LogP contribution >= 0.6 is 0 Å². The molecule has 0 aliphatic heterocycles. The van der Waals surface area contributed by atoms with Crippen molar-refractivity contribution in [3.63, 3.8) is 0 Å². The zero-order chi connectivity index (χ0) is 14.4. The van der Waals surface area contributed by atoms with Crippen LogP contribution < -0.4 is 0 Å². The fraction of sp³-hybridized carbons (Fsp3) is 0.588. The third kappa shape index (κ3) is 3.83. The van der Waals surface area contributed by atoms with E-state index in [1.165, 1.54) is 37.5 Å². The molecule has 0 aromatic heterocycles. The highest BCUT2D eigenvalue weighted by Gasteiger charge is 2.23. The minimum Gasteiger partial charge on any atom is -0.468 e. The van der Waals surface area contributed by atoms with Gasteiger partial charge in [-0.3, -0.25) is 9.69 Å². The van der Waals surface area contributed by atoms with Crippen LogP contribution in [0.15, 0.2) is 24.3 Å². The Balaban J connectivity index is 2.05. The summed E-state index contributed by atoms with van der Waals surface area (Å²) >= 11 is 0. The Hall–Kier alpha value is -1.35. The summed E-state index contributed by atoms with van der Waals surface area (Å²) in [5, 5.41) is 0. The van der Waals surface area contributed by atoms with Crippen molar-refractivity contribution in [2.45, 2.75) is 38.5 Å². The van der Waals surface area contributed by atoms with E-state index in [0.29, 0.717) is 12.5 Å². The molecule has 20 heavy (non-hydrogen) atoms. The predicted octanol–water partition coefficient (Wildman–Crippen LogP) is 2.99. The van der Waals surface area contributed by atoms with Gasteiger partial charge in [0, 0.05) is 6.54 Å². The van der Waals surface area contributed by atoms with Gasteiger partial charge in [0.05, 0.1) is 13.7 Å². The topological polar surface area (TPSA) is 29.5 Å². The molecule has 110 valence electrons. The van der Waals surface area contributed by atoms with E-state index >= 15 is 0 Å². The molecule has 2 rings (SSSR count). The van der Waals surface area contributed by atoms with Crippen molar-refractivity contribution in [1.29, 1.82) is 0 Å². The van der Waals surface area contributed by atoms with E-state index in [9.17, 15) is 4.79 Å². The second-order valence-electron chi connectivity index (χ2n) is 5.60. The maximum absolute atomic E-state index is 11.5. The van der Waals surface area contributed by atoms with Crippen LogP contribution in [0.1, 0.15) is 43.2 Å². The molecular weight excluding hydrogens is 250 g/mol. The van der Waals surface area contributed by atoms with Crippen LogP contribution in [-0.2, 0) is 16.0 Å². The molecule has 0 bridgehead atoms. The molecule has 0 saturated heterocycles. The van der Waals surface area contributed by atoms with Crippen molar-refractivity contribution in [3.05, 3.63) is 35.4 Å². The molecule has 1 unspecified atom stereocenters. The van der Waals surface area contributed by atoms with Crippen LogP contribution in [0, 0.1) is 0 Å². The maximum atomic E-state index is 11.5. The lowest BCUT2D eigenvalue weighted by Gasteiger charge is -2.30. The second kappa shape index (κ2) is 7.44. The van der Waals surface area contributed by atoms with E-state index < -0.39 is 0 Å². The molecule has 0 amide bonds. The molecule has 1 atom stereocenters. The third-order valence-corrected chi connectivity index (χ3v) is 4.09. The van der Waals surface area contributed by atoms with Gasteiger partial charge in [0.25, 0.3) is 0 Å². The molecule has 3 nitrogen and oxygen atoms in total. The summed E-state index contributed by atoms with van der Waals surface area (Å²) in [6.07, 6.45) is 4.72. The summed E-state index contributed by atoms with van der Waals surface area (Å²) in [5.74, 6) is 0.415. The van der Waals surface area contributed by atoms with Gasteiger partial charge in [-0.1, -0.05) is 31.2 Å². The van der Waals surface area contributed by atoms with E-state index in [1.807, 2.05) is 0 Å². The molecule has 0 heterocycles. The van der Waals surface area contributed by atoms with Crippen LogP contribution in [0.5, 0.6) is 0 Å². The van der Waals surface area contributed by atoms with Gasteiger partial charge in [-0.2, -0.15) is 0 Å². The molecule has 1 aliphatic carbocycles. The molecule has 0 N–H and O–H groups in total. The quantitative estimate of drug-likeness (QED) is 0.748. The van der Waals surface area contributed by atoms with Crippen LogP contribution in [0.25, 0.3) is 0 Å². The Morgan fingerprint density at radius 1 is 1.40 bits per heavy atom. The lowest BCUT2D eigenvalue weighted by Crippen LogP contribution is -2.35. The number of benzene rings is 1. The Morgan fingerprint density at radius 3 is 2.95 bits per heavy atom. The molecule has 1 aromatic rings. The number of aryl methyl sites for hydroxylation is 1. The van der Waals surface area contributed by atoms with Gasteiger partial charge in [0.1, 0.15) is 0 Å². The van der Waals surface area contributed by atoms with Crippen molar-refractivity contribution in [1.82, 2.24) is 4.90 Å². The van der Waals surface area contributed by atoms with E-state index in [-0.39, 0.29) is 5.97 Å². The van der Waals surface area contributed by atoms with Crippen LogP contribution in [0.2, 0.25) is 0 Å². The standard InChI is InChI=1S/C17H25NO2/c1-3-11-18(13-17(19)20-2)12-15-9-6-8-14-7-4-5-10-16(14)15/h4-5,7,10,15H,3,6,8-9,11-13H2,1-2H3. The first kappa shape index (κ1) is 15.0. The first-order chi connectivity index (χ1) is 9.74. The van der Waals surface area contributed by atoms with Gasteiger partial charge < -0.3 is 4.74 Å². The number of carbonyl (C=O) groups excluding carboxylic acids is 1.